The third-order valence-electron chi connectivity index (χ3n) is 4.82. The highest BCUT2D eigenvalue weighted by molar-refractivity contribution is 5.91. The van der Waals surface area contributed by atoms with Crippen molar-refractivity contribution in [3.8, 4) is 11.5 Å². The van der Waals surface area contributed by atoms with E-state index in [2.05, 4.69) is 0 Å². The Hall–Kier alpha value is -3.80. The second kappa shape index (κ2) is 9.13. The van der Waals surface area contributed by atoms with Crippen LogP contribution < -0.4 is 9.47 Å². The van der Waals surface area contributed by atoms with Crippen LogP contribution in [0, 0.1) is 13.8 Å². The molecule has 0 amide bonds. The van der Waals surface area contributed by atoms with Gasteiger partial charge in [-0.15, -0.1) is 0 Å². The highest BCUT2D eigenvalue weighted by Crippen LogP contribution is 2.24. The molecule has 3 rings (SSSR count). The topological polar surface area (TPSA) is 93.1 Å². The average molecular weight is 406 g/mol. The van der Waals surface area contributed by atoms with Crippen molar-refractivity contribution in [1.29, 1.82) is 0 Å². The molecule has 154 valence electrons. The quantitative estimate of drug-likeness (QED) is 0.555. The number of carbonyl (C=O) groups is 2. The Morgan fingerprint density at radius 1 is 0.700 bits per heavy atom. The van der Waals surface area contributed by atoms with Crippen LogP contribution in [0.15, 0.2) is 60.7 Å². The highest BCUT2D eigenvalue weighted by atomic mass is 16.5. The zero-order valence-corrected chi connectivity index (χ0v) is 16.7. The SMILES string of the molecule is Cc1cc(COc2ccccc2C(=O)O)c(COc2ccccc2C(=O)O)cc1C. The summed E-state index contributed by atoms with van der Waals surface area (Å²) in [5.74, 6) is -1.54. The van der Waals surface area contributed by atoms with Gasteiger partial charge in [-0.1, -0.05) is 36.4 Å². The summed E-state index contributed by atoms with van der Waals surface area (Å²) in [5.41, 5.74) is 3.99. The van der Waals surface area contributed by atoms with E-state index in [0.29, 0.717) is 0 Å². The average Bonchev–Trinajstić information content (AvgIpc) is 2.73. The largest absolute Gasteiger partial charge is 0.488 e. The van der Waals surface area contributed by atoms with Gasteiger partial charge < -0.3 is 19.7 Å². The van der Waals surface area contributed by atoms with Gasteiger partial charge in [0, 0.05) is 0 Å². The lowest BCUT2D eigenvalue weighted by molar-refractivity contribution is 0.0680. The number of aryl methyl sites for hydroxylation is 2. The molecule has 0 aromatic heterocycles. The fraction of sp³-hybridized carbons (Fsp3) is 0.167. The molecular weight excluding hydrogens is 384 g/mol. The molecule has 0 saturated carbocycles. The fourth-order valence-electron chi connectivity index (χ4n) is 3.05. The fourth-order valence-corrected chi connectivity index (χ4v) is 3.05. The second-order valence-corrected chi connectivity index (χ2v) is 6.89. The van der Waals surface area contributed by atoms with Crippen LogP contribution in [-0.2, 0) is 13.2 Å². The van der Waals surface area contributed by atoms with E-state index in [1.165, 1.54) is 12.1 Å². The second-order valence-electron chi connectivity index (χ2n) is 6.89. The van der Waals surface area contributed by atoms with Gasteiger partial charge in [-0.05, 0) is 60.4 Å². The Balaban J connectivity index is 1.84. The van der Waals surface area contributed by atoms with E-state index in [4.69, 9.17) is 9.47 Å². The lowest BCUT2D eigenvalue weighted by Gasteiger charge is -2.16. The van der Waals surface area contributed by atoms with Gasteiger partial charge >= 0.3 is 11.9 Å². The van der Waals surface area contributed by atoms with Crippen LogP contribution in [0.4, 0.5) is 0 Å². The Morgan fingerprint density at radius 2 is 1.07 bits per heavy atom. The van der Waals surface area contributed by atoms with E-state index in [0.717, 1.165) is 22.3 Å². The van der Waals surface area contributed by atoms with Crippen molar-refractivity contribution < 1.29 is 29.3 Å². The molecule has 0 atom stereocenters. The number of para-hydroxylation sites is 2. The first kappa shape index (κ1) is 20.9. The zero-order chi connectivity index (χ0) is 21.7. The van der Waals surface area contributed by atoms with Crippen molar-refractivity contribution >= 4 is 11.9 Å². The minimum atomic E-state index is -1.06. The summed E-state index contributed by atoms with van der Waals surface area (Å²) in [6.07, 6.45) is 0. The molecule has 0 fully saturated rings. The summed E-state index contributed by atoms with van der Waals surface area (Å²) >= 11 is 0. The number of rotatable bonds is 8. The van der Waals surface area contributed by atoms with Crippen LogP contribution in [-0.4, -0.2) is 22.2 Å². The molecule has 3 aromatic rings. The van der Waals surface area contributed by atoms with Gasteiger partial charge in [0.1, 0.15) is 35.8 Å². The standard InChI is InChI=1S/C24H22O6/c1-15-11-17(13-29-21-9-5-3-7-19(21)23(25)26)18(12-16(15)2)14-30-22-10-6-4-8-20(22)24(27)28/h3-12H,13-14H2,1-2H3,(H,25,26)(H,27,28). The number of hydrogen-bond donors (Lipinski definition) is 2. The van der Waals surface area contributed by atoms with E-state index in [1.54, 1.807) is 36.4 Å². The summed E-state index contributed by atoms with van der Waals surface area (Å²) in [7, 11) is 0. The Bertz CT molecular complexity index is 1000. The summed E-state index contributed by atoms with van der Waals surface area (Å²) in [6.45, 7) is 4.28. The Morgan fingerprint density at radius 3 is 1.43 bits per heavy atom. The minimum Gasteiger partial charge on any atom is -0.488 e. The lowest BCUT2D eigenvalue weighted by Crippen LogP contribution is -2.08. The lowest BCUT2D eigenvalue weighted by atomic mass is 10.0. The first-order chi connectivity index (χ1) is 14.4. The molecule has 0 spiro atoms. The molecule has 0 unspecified atom stereocenters. The highest BCUT2D eigenvalue weighted by Gasteiger charge is 2.14. The van der Waals surface area contributed by atoms with Gasteiger partial charge in [0.15, 0.2) is 0 Å². The molecule has 0 radical (unpaired) electrons. The van der Waals surface area contributed by atoms with Crippen molar-refractivity contribution in [2.45, 2.75) is 27.1 Å². The Kier molecular flexibility index (Phi) is 6.37. The summed E-state index contributed by atoms with van der Waals surface area (Å²) in [5, 5.41) is 18.7. The van der Waals surface area contributed by atoms with Gasteiger partial charge in [0.25, 0.3) is 0 Å². The third kappa shape index (κ3) is 4.78. The number of carboxylic acids is 2. The molecular formula is C24H22O6. The van der Waals surface area contributed by atoms with Gasteiger partial charge in [-0.2, -0.15) is 0 Å². The Labute approximate surface area is 174 Å². The molecule has 0 aliphatic carbocycles. The summed E-state index contributed by atoms with van der Waals surface area (Å²) < 4.78 is 11.6. The molecule has 6 heteroatoms. The molecule has 6 nitrogen and oxygen atoms in total. The van der Waals surface area contributed by atoms with Crippen LogP contribution in [0.3, 0.4) is 0 Å². The molecule has 3 aromatic carbocycles. The third-order valence-corrected chi connectivity index (χ3v) is 4.82. The maximum absolute atomic E-state index is 11.4. The monoisotopic (exact) mass is 406 g/mol. The summed E-state index contributed by atoms with van der Waals surface area (Å²) in [4.78, 5) is 22.8. The van der Waals surface area contributed by atoms with Crippen LogP contribution >= 0.6 is 0 Å². The summed E-state index contributed by atoms with van der Waals surface area (Å²) in [6, 6.07) is 16.9. The number of ether oxygens (including phenoxy) is 2. The predicted octanol–water partition coefficient (Wildman–Crippen LogP) is 4.86. The number of hydrogen-bond acceptors (Lipinski definition) is 4. The van der Waals surface area contributed by atoms with E-state index in [-0.39, 0.29) is 35.8 Å². The molecule has 0 aliphatic heterocycles. The maximum Gasteiger partial charge on any atom is 0.339 e. The smallest absolute Gasteiger partial charge is 0.339 e. The van der Waals surface area contributed by atoms with E-state index in [1.807, 2.05) is 26.0 Å². The number of aromatic carboxylic acids is 2. The van der Waals surface area contributed by atoms with Crippen LogP contribution in [0.5, 0.6) is 11.5 Å². The van der Waals surface area contributed by atoms with Gasteiger partial charge in [-0.3, -0.25) is 0 Å². The predicted molar refractivity (Wildman–Crippen MR) is 111 cm³/mol. The van der Waals surface area contributed by atoms with Gasteiger partial charge in [0.2, 0.25) is 0 Å². The van der Waals surface area contributed by atoms with Crippen LogP contribution in [0.2, 0.25) is 0 Å². The van der Waals surface area contributed by atoms with E-state index < -0.39 is 11.9 Å². The zero-order valence-electron chi connectivity index (χ0n) is 16.7. The molecule has 30 heavy (non-hydrogen) atoms. The minimum absolute atomic E-state index is 0.0921. The molecule has 0 saturated heterocycles. The number of carboxylic acid groups (broad SMARTS) is 2. The maximum atomic E-state index is 11.4. The molecule has 0 aliphatic rings. The first-order valence-corrected chi connectivity index (χ1v) is 9.36. The molecule has 2 N–H and O–H groups in total. The molecule has 0 bridgehead atoms. The molecule has 0 heterocycles. The van der Waals surface area contributed by atoms with Crippen molar-refractivity contribution in [1.82, 2.24) is 0 Å². The van der Waals surface area contributed by atoms with Gasteiger partial charge in [-0.25, -0.2) is 9.59 Å². The van der Waals surface area contributed by atoms with Crippen molar-refractivity contribution in [3.05, 3.63) is 94.0 Å². The first-order valence-electron chi connectivity index (χ1n) is 9.36. The normalized spacial score (nSPS) is 10.5. The van der Waals surface area contributed by atoms with Crippen LogP contribution in [0.25, 0.3) is 0 Å². The van der Waals surface area contributed by atoms with Crippen LogP contribution in [0.1, 0.15) is 43.0 Å². The number of benzene rings is 3. The van der Waals surface area contributed by atoms with Gasteiger partial charge in [0.05, 0.1) is 0 Å². The van der Waals surface area contributed by atoms with Crippen molar-refractivity contribution in [2.75, 3.05) is 0 Å². The van der Waals surface area contributed by atoms with Crippen molar-refractivity contribution in [3.63, 3.8) is 0 Å². The van der Waals surface area contributed by atoms with Crippen molar-refractivity contribution in [2.24, 2.45) is 0 Å². The van der Waals surface area contributed by atoms with E-state index in [9.17, 15) is 19.8 Å². The van der Waals surface area contributed by atoms with E-state index >= 15 is 0 Å².